The van der Waals surface area contributed by atoms with Crippen LogP contribution < -0.4 is 9.64 Å². The lowest BCUT2D eigenvalue weighted by Gasteiger charge is -2.18. The van der Waals surface area contributed by atoms with Crippen LogP contribution in [0.1, 0.15) is 19.8 Å². The van der Waals surface area contributed by atoms with Crippen molar-refractivity contribution in [2.45, 2.75) is 25.7 Å². The maximum atomic E-state index is 14.0. The molecule has 0 radical (unpaired) electrons. The van der Waals surface area contributed by atoms with Gasteiger partial charge in [-0.2, -0.15) is 9.37 Å². The average Bonchev–Trinajstić information content (AvgIpc) is 2.80. The zero-order chi connectivity index (χ0) is 13.2. The van der Waals surface area contributed by atoms with Crippen LogP contribution in [0, 0.1) is 5.82 Å². The van der Waals surface area contributed by atoms with E-state index in [-0.39, 0.29) is 5.82 Å². The minimum absolute atomic E-state index is 0.122. The number of anilines is 1. The molecule has 1 aliphatic heterocycles. The van der Waals surface area contributed by atoms with Crippen molar-refractivity contribution in [2.24, 2.45) is 0 Å². The normalized spacial score (nSPS) is 16.1. The second kappa shape index (κ2) is 4.99. The van der Waals surface area contributed by atoms with Gasteiger partial charge in [-0.15, -0.1) is 0 Å². The molecule has 0 saturated carbocycles. The van der Waals surface area contributed by atoms with E-state index in [4.69, 9.17) is 4.74 Å². The van der Waals surface area contributed by atoms with E-state index in [1.165, 1.54) is 0 Å². The van der Waals surface area contributed by atoms with Gasteiger partial charge in [-0.25, -0.2) is 13.8 Å². The number of nitrogens with zero attached hydrogens (tertiary/aromatic N) is 3. The van der Waals surface area contributed by atoms with Crippen LogP contribution >= 0.6 is 0 Å². The van der Waals surface area contributed by atoms with Gasteiger partial charge in [-0.05, 0) is 12.8 Å². The number of ether oxygens (including phenoxy) is 1. The molecule has 1 aliphatic rings. The van der Waals surface area contributed by atoms with Crippen LogP contribution in [-0.4, -0.2) is 35.6 Å². The molecule has 1 fully saturated rings. The summed E-state index contributed by atoms with van der Waals surface area (Å²) in [5.41, 5.74) is 0. The summed E-state index contributed by atoms with van der Waals surface area (Å²) < 4.78 is 43.9. The molecule has 0 unspecified atom stereocenters. The molecule has 0 aliphatic carbocycles. The summed E-state index contributed by atoms with van der Waals surface area (Å²) in [4.78, 5) is 9.14. The van der Waals surface area contributed by atoms with E-state index in [0.29, 0.717) is 20.0 Å². The number of halogens is 3. The van der Waals surface area contributed by atoms with E-state index in [1.54, 1.807) is 4.90 Å². The molecular weight excluding hydrogens is 247 g/mol. The first kappa shape index (κ1) is 12.9. The molecule has 2 rings (SSSR count). The first-order valence-corrected chi connectivity index (χ1v) is 5.73. The van der Waals surface area contributed by atoms with E-state index in [1.807, 2.05) is 0 Å². The van der Waals surface area contributed by atoms with Crippen LogP contribution in [0.2, 0.25) is 0 Å². The van der Waals surface area contributed by atoms with Crippen molar-refractivity contribution in [2.75, 3.05) is 24.6 Å². The second-order valence-electron chi connectivity index (χ2n) is 4.37. The molecule has 0 atom stereocenters. The number of rotatable bonds is 4. The predicted octanol–water partition coefficient (Wildman–Crippen LogP) is 2.25. The van der Waals surface area contributed by atoms with Crippen LogP contribution in [0.4, 0.5) is 19.0 Å². The summed E-state index contributed by atoms with van der Waals surface area (Å²) in [6.07, 6.45) is 3.05. The third-order valence-electron chi connectivity index (χ3n) is 2.61. The van der Waals surface area contributed by atoms with Gasteiger partial charge in [-0.1, -0.05) is 0 Å². The smallest absolute Gasteiger partial charge is 0.278 e. The number of alkyl halides is 2. The highest BCUT2D eigenvalue weighted by atomic mass is 19.3. The highest BCUT2D eigenvalue weighted by Gasteiger charge is 2.25. The molecule has 7 heteroatoms. The van der Waals surface area contributed by atoms with Crippen molar-refractivity contribution in [1.82, 2.24) is 9.97 Å². The monoisotopic (exact) mass is 261 g/mol. The molecule has 18 heavy (non-hydrogen) atoms. The summed E-state index contributed by atoms with van der Waals surface area (Å²) >= 11 is 0. The fourth-order valence-corrected chi connectivity index (χ4v) is 1.79. The standard InChI is InChI=1S/C11H14F3N3O/c1-11(13,14)6-18-10-8(12)9(15-7-16-10)17-4-2-3-5-17/h7H,2-6H2,1H3. The SMILES string of the molecule is CC(F)(F)COc1ncnc(N2CCCC2)c1F. The molecule has 0 N–H and O–H groups in total. The lowest BCUT2D eigenvalue weighted by molar-refractivity contribution is -0.0253. The molecule has 1 saturated heterocycles. The lowest BCUT2D eigenvalue weighted by atomic mass is 10.4. The molecule has 4 nitrogen and oxygen atoms in total. The zero-order valence-corrected chi connectivity index (χ0v) is 10.00. The Bertz CT molecular complexity index is 416. The van der Waals surface area contributed by atoms with Gasteiger partial charge in [0.15, 0.2) is 12.4 Å². The largest absolute Gasteiger partial charge is 0.469 e. The van der Waals surface area contributed by atoms with Gasteiger partial charge < -0.3 is 9.64 Å². The fraction of sp³-hybridized carbons (Fsp3) is 0.636. The Balaban J connectivity index is 2.14. The van der Waals surface area contributed by atoms with E-state index in [9.17, 15) is 13.2 Å². The molecule has 1 aromatic rings. The van der Waals surface area contributed by atoms with Crippen LogP contribution in [0.5, 0.6) is 5.88 Å². The van der Waals surface area contributed by atoms with Crippen molar-refractivity contribution < 1.29 is 17.9 Å². The Morgan fingerprint density at radius 2 is 2.00 bits per heavy atom. The van der Waals surface area contributed by atoms with E-state index < -0.39 is 24.2 Å². The van der Waals surface area contributed by atoms with Crippen molar-refractivity contribution in [3.05, 3.63) is 12.1 Å². The Kier molecular flexibility index (Phi) is 3.58. The molecule has 0 aromatic carbocycles. The molecular formula is C11H14F3N3O. The highest BCUT2D eigenvalue weighted by molar-refractivity contribution is 5.43. The minimum Gasteiger partial charge on any atom is -0.469 e. The van der Waals surface area contributed by atoms with Gasteiger partial charge in [0, 0.05) is 20.0 Å². The van der Waals surface area contributed by atoms with Crippen LogP contribution in [0.15, 0.2) is 6.33 Å². The van der Waals surface area contributed by atoms with Crippen LogP contribution in [0.3, 0.4) is 0 Å². The first-order valence-electron chi connectivity index (χ1n) is 5.73. The summed E-state index contributed by atoms with van der Waals surface area (Å²) in [5, 5.41) is 0. The quantitative estimate of drug-likeness (QED) is 0.833. The second-order valence-corrected chi connectivity index (χ2v) is 4.37. The predicted molar refractivity (Wildman–Crippen MR) is 59.6 cm³/mol. The van der Waals surface area contributed by atoms with Gasteiger partial charge in [-0.3, -0.25) is 0 Å². The molecule has 1 aromatic heterocycles. The Hall–Kier alpha value is -1.53. The number of aromatic nitrogens is 2. The third-order valence-corrected chi connectivity index (χ3v) is 2.61. The average molecular weight is 261 g/mol. The van der Waals surface area contributed by atoms with Crippen LogP contribution in [0.25, 0.3) is 0 Å². The number of hydrogen-bond acceptors (Lipinski definition) is 4. The molecule has 100 valence electrons. The topological polar surface area (TPSA) is 38.3 Å². The Labute approximate surface area is 103 Å². The zero-order valence-electron chi connectivity index (χ0n) is 10.00. The molecule has 0 bridgehead atoms. The molecule has 0 amide bonds. The maximum absolute atomic E-state index is 14.0. The van der Waals surface area contributed by atoms with Gasteiger partial charge in [0.1, 0.15) is 6.33 Å². The van der Waals surface area contributed by atoms with Crippen molar-refractivity contribution in [3.8, 4) is 5.88 Å². The van der Waals surface area contributed by atoms with Gasteiger partial charge in [0.2, 0.25) is 5.82 Å². The minimum atomic E-state index is -3.02. The maximum Gasteiger partial charge on any atom is 0.278 e. The Morgan fingerprint density at radius 3 is 2.61 bits per heavy atom. The Morgan fingerprint density at radius 1 is 1.33 bits per heavy atom. The van der Waals surface area contributed by atoms with Crippen molar-refractivity contribution in [1.29, 1.82) is 0 Å². The third kappa shape index (κ3) is 3.02. The highest BCUT2D eigenvalue weighted by Crippen LogP contribution is 2.26. The summed E-state index contributed by atoms with van der Waals surface area (Å²) in [5.74, 6) is -4.10. The summed E-state index contributed by atoms with van der Waals surface area (Å²) in [6.45, 7) is 1.21. The first-order chi connectivity index (χ1) is 8.47. The number of hydrogen-bond donors (Lipinski definition) is 0. The van der Waals surface area contributed by atoms with Crippen molar-refractivity contribution in [3.63, 3.8) is 0 Å². The van der Waals surface area contributed by atoms with E-state index in [2.05, 4.69) is 9.97 Å². The summed E-state index contributed by atoms with van der Waals surface area (Å²) in [6, 6.07) is 0. The van der Waals surface area contributed by atoms with Crippen LogP contribution in [-0.2, 0) is 0 Å². The summed E-state index contributed by atoms with van der Waals surface area (Å²) in [7, 11) is 0. The fourth-order valence-electron chi connectivity index (χ4n) is 1.79. The molecule has 2 heterocycles. The van der Waals surface area contributed by atoms with E-state index in [0.717, 1.165) is 19.2 Å². The molecule has 0 spiro atoms. The van der Waals surface area contributed by atoms with Gasteiger partial charge in [0.25, 0.3) is 11.8 Å². The van der Waals surface area contributed by atoms with Crippen molar-refractivity contribution >= 4 is 5.82 Å². The lowest BCUT2D eigenvalue weighted by Crippen LogP contribution is -2.24. The van der Waals surface area contributed by atoms with E-state index >= 15 is 0 Å². The van der Waals surface area contributed by atoms with Gasteiger partial charge in [0.05, 0.1) is 0 Å². The van der Waals surface area contributed by atoms with Gasteiger partial charge >= 0.3 is 0 Å².